The minimum absolute atomic E-state index is 0.286. The summed E-state index contributed by atoms with van der Waals surface area (Å²) < 4.78 is 6.26. The van der Waals surface area contributed by atoms with Crippen LogP contribution in [0.5, 0.6) is 11.5 Å². The molecule has 0 fully saturated rings. The van der Waals surface area contributed by atoms with Gasteiger partial charge in [0.2, 0.25) is 0 Å². The van der Waals surface area contributed by atoms with E-state index in [0.29, 0.717) is 6.54 Å². The van der Waals surface area contributed by atoms with Gasteiger partial charge in [-0.1, -0.05) is 0 Å². The normalized spacial score (nSPS) is 10.6. The lowest BCUT2D eigenvalue weighted by atomic mass is 10.2. The Morgan fingerprint density at radius 2 is 2.17 bits per heavy atom. The van der Waals surface area contributed by atoms with E-state index >= 15 is 0 Å². The predicted octanol–water partition coefficient (Wildman–Crippen LogP) is 3.51. The summed E-state index contributed by atoms with van der Waals surface area (Å²) in [7, 11) is 1.62. The molecule has 96 valence electrons. The van der Waals surface area contributed by atoms with Crippen molar-refractivity contribution < 1.29 is 9.84 Å². The number of hydrogen-bond acceptors (Lipinski definition) is 4. The number of aromatic hydroxyl groups is 1. The minimum Gasteiger partial charge on any atom is -0.508 e. The Morgan fingerprint density at radius 1 is 1.33 bits per heavy atom. The van der Waals surface area contributed by atoms with Gasteiger partial charge in [0, 0.05) is 28.0 Å². The summed E-state index contributed by atoms with van der Waals surface area (Å²) >= 11 is 5.19. The van der Waals surface area contributed by atoms with Gasteiger partial charge >= 0.3 is 0 Å². The molecule has 0 aliphatic rings. The number of methoxy groups -OCH3 is 1. The molecule has 0 unspecified atom stereocenters. The number of nitrogens with one attached hydrogen (secondary N) is 1. The molecule has 18 heavy (non-hydrogen) atoms. The third-order valence-corrected chi connectivity index (χ3v) is 4.51. The van der Waals surface area contributed by atoms with Crippen LogP contribution in [0.1, 0.15) is 10.4 Å². The highest BCUT2D eigenvalue weighted by atomic mass is 79.9. The lowest BCUT2D eigenvalue weighted by molar-refractivity contribution is 0.410. The lowest BCUT2D eigenvalue weighted by Gasteiger charge is -2.08. The summed E-state index contributed by atoms with van der Waals surface area (Å²) in [5.74, 6) is 1.04. The van der Waals surface area contributed by atoms with Gasteiger partial charge < -0.3 is 15.2 Å². The lowest BCUT2D eigenvalue weighted by Crippen LogP contribution is -2.12. The van der Waals surface area contributed by atoms with Crippen LogP contribution in [0.25, 0.3) is 0 Å². The molecule has 2 N–H and O–H groups in total. The maximum Gasteiger partial charge on any atom is 0.120 e. The predicted molar refractivity (Wildman–Crippen MR) is 77.2 cm³/mol. The van der Waals surface area contributed by atoms with E-state index in [1.165, 1.54) is 4.88 Å². The smallest absolute Gasteiger partial charge is 0.120 e. The summed E-state index contributed by atoms with van der Waals surface area (Å²) in [4.78, 5) is 1.25. The molecule has 0 amide bonds. The van der Waals surface area contributed by atoms with Crippen molar-refractivity contribution in [2.75, 3.05) is 7.11 Å². The van der Waals surface area contributed by atoms with E-state index in [4.69, 9.17) is 4.74 Å². The Morgan fingerprint density at radius 3 is 2.83 bits per heavy atom. The van der Waals surface area contributed by atoms with Gasteiger partial charge in [0.15, 0.2) is 0 Å². The van der Waals surface area contributed by atoms with Crippen molar-refractivity contribution in [3.8, 4) is 11.5 Å². The summed E-state index contributed by atoms with van der Waals surface area (Å²) in [6, 6.07) is 7.27. The minimum atomic E-state index is 0.286. The zero-order valence-electron chi connectivity index (χ0n) is 9.94. The molecule has 0 saturated heterocycles. The first-order valence-corrected chi connectivity index (χ1v) is 7.16. The molecule has 2 rings (SSSR count). The Balaban J connectivity index is 1.96. The fourth-order valence-electron chi connectivity index (χ4n) is 1.59. The monoisotopic (exact) mass is 327 g/mol. The highest BCUT2D eigenvalue weighted by molar-refractivity contribution is 9.10. The summed E-state index contributed by atoms with van der Waals surface area (Å²) in [5, 5.41) is 15.1. The molecule has 0 radical (unpaired) electrons. The fourth-order valence-corrected chi connectivity index (χ4v) is 3.05. The number of phenolic OH excluding ortho intramolecular Hbond substituents is 1. The molecule has 5 heteroatoms. The Labute approximate surface area is 119 Å². The first kappa shape index (κ1) is 13.4. The molecule has 1 aromatic heterocycles. The van der Waals surface area contributed by atoms with Crippen LogP contribution in [0.3, 0.4) is 0 Å². The van der Waals surface area contributed by atoms with E-state index in [1.807, 2.05) is 17.5 Å². The molecule has 2 aromatic rings. The van der Waals surface area contributed by atoms with Crippen molar-refractivity contribution in [3.05, 3.63) is 44.6 Å². The van der Waals surface area contributed by atoms with Gasteiger partial charge in [0.1, 0.15) is 11.5 Å². The van der Waals surface area contributed by atoms with Gasteiger partial charge in [-0.05, 0) is 45.6 Å². The van der Waals surface area contributed by atoms with Crippen molar-refractivity contribution in [1.29, 1.82) is 0 Å². The first-order chi connectivity index (χ1) is 8.70. The van der Waals surface area contributed by atoms with Crippen LogP contribution in [0.15, 0.2) is 34.1 Å². The number of rotatable bonds is 5. The van der Waals surface area contributed by atoms with E-state index in [0.717, 1.165) is 22.3 Å². The molecular weight excluding hydrogens is 314 g/mol. The van der Waals surface area contributed by atoms with Crippen LogP contribution < -0.4 is 10.1 Å². The van der Waals surface area contributed by atoms with Crippen LogP contribution in [-0.4, -0.2) is 12.2 Å². The topological polar surface area (TPSA) is 41.5 Å². The average Bonchev–Trinajstić information content (AvgIpc) is 2.77. The second-order valence-electron chi connectivity index (χ2n) is 3.79. The van der Waals surface area contributed by atoms with Crippen LogP contribution >= 0.6 is 27.3 Å². The van der Waals surface area contributed by atoms with E-state index in [-0.39, 0.29) is 5.75 Å². The standard InChI is InChI=1S/C13H14BrNO2S/c1-17-10-2-3-12(16)9(6-10)7-15-8-13-11(14)4-5-18-13/h2-6,15-16H,7-8H2,1H3. The van der Waals surface area contributed by atoms with E-state index in [2.05, 4.69) is 21.2 Å². The SMILES string of the molecule is COc1ccc(O)c(CNCc2sccc2Br)c1. The van der Waals surface area contributed by atoms with E-state index in [9.17, 15) is 5.11 Å². The highest BCUT2D eigenvalue weighted by Gasteiger charge is 2.04. The number of hydrogen-bond donors (Lipinski definition) is 2. The van der Waals surface area contributed by atoms with E-state index < -0.39 is 0 Å². The van der Waals surface area contributed by atoms with Gasteiger partial charge in [0.05, 0.1) is 7.11 Å². The quantitative estimate of drug-likeness (QED) is 0.882. The Hall–Kier alpha value is -1.04. The molecule has 3 nitrogen and oxygen atoms in total. The largest absolute Gasteiger partial charge is 0.508 e. The maximum atomic E-state index is 9.74. The van der Waals surface area contributed by atoms with Crippen molar-refractivity contribution in [2.24, 2.45) is 0 Å². The maximum absolute atomic E-state index is 9.74. The molecule has 1 heterocycles. The van der Waals surface area contributed by atoms with Crippen LogP contribution in [0.4, 0.5) is 0 Å². The van der Waals surface area contributed by atoms with Crippen LogP contribution in [0, 0.1) is 0 Å². The second kappa shape index (κ2) is 6.22. The Kier molecular flexibility index (Phi) is 4.63. The van der Waals surface area contributed by atoms with Crippen molar-refractivity contribution in [2.45, 2.75) is 13.1 Å². The summed E-state index contributed by atoms with van der Waals surface area (Å²) in [5.41, 5.74) is 0.835. The molecular formula is C13H14BrNO2S. The zero-order valence-corrected chi connectivity index (χ0v) is 12.3. The highest BCUT2D eigenvalue weighted by Crippen LogP contribution is 2.24. The van der Waals surface area contributed by atoms with E-state index in [1.54, 1.807) is 30.6 Å². The fraction of sp³-hybridized carbons (Fsp3) is 0.231. The first-order valence-electron chi connectivity index (χ1n) is 5.49. The van der Waals surface area contributed by atoms with Gasteiger partial charge in [-0.2, -0.15) is 0 Å². The third-order valence-electron chi connectivity index (χ3n) is 2.58. The summed E-state index contributed by atoms with van der Waals surface area (Å²) in [6.45, 7) is 1.38. The zero-order chi connectivity index (χ0) is 13.0. The van der Waals surface area contributed by atoms with Crippen LogP contribution in [-0.2, 0) is 13.1 Å². The molecule has 0 atom stereocenters. The third kappa shape index (κ3) is 3.25. The number of thiophene rings is 1. The van der Waals surface area contributed by atoms with Gasteiger partial charge in [-0.25, -0.2) is 0 Å². The van der Waals surface area contributed by atoms with Crippen LogP contribution in [0.2, 0.25) is 0 Å². The molecule has 1 aromatic carbocycles. The number of halogens is 1. The average molecular weight is 328 g/mol. The molecule has 0 bridgehead atoms. The molecule has 0 aliphatic carbocycles. The van der Waals surface area contributed by atoms with Gasteiger partial charge in [-0.3, -0.25) is 0 Å². The summed E-state index contributed by atoms with van der Waals surface area (Å²) in [6.07, 6.45) is 0. The number of benzene rings is 1. The van der Waals surface area contributed by atoms with Crippen molar-refractivity contribution >= 4 is 27.3 Å². The number of ether oxygens (including phenoxy) is 1. The van der Waals surface area contributed by atoms with Gasteiger partial charge in [-0.15, -0.1) is 11.3 Å². The molecule has 0 spiro atoms. The number of phenols is 1. The Bertz CT molecular complexity index is 527. The molecule has 0 saturated carbocycles. The second-order valence-corrected chi connectivity index (χ2v) is 5.64. The van der Waals surface area contributed by atoms with Crippen molar-refractivity contribution in [3.63, 3.8) is 0 Å². The molecule has 0 aliphatic heterocycles. The van der Waals surface area contributed by atoms with Crippen molar-refractivity contribution in [1.82, 2.24) is 5.32 Å². The van der Waals surface area contributed by atoms with Gasteiger partial charge in [0.25, 0.3) is 0 Å².